The van der Waals surface area contributed by atoms with Crippen molar-refractivity contribution in [2.24, 2.45) is 5.73 Å². The predicted molar refractivity (Wildman–Crippen MR) is 53.5 cm³/mol. The molecule has 0 aliphatic rings. The van der Waals surface area contributed by atoms with Gasteiger partial charge in [0.15, 0.2) is 0 Å². The van der Waals surface area contributed by atoms with Crippen LogP contribution in [0.15, 0.2) is 18.2 Å². The van der Waals surface area contributed by atoms with Gasteiger partial charge in [0.1, 0.15) is 5.82 Å². The van der Waals surface area contributed by atoms with Crippen molar-refractivity contribution < 1.29 is 4.39 Å². The number of nitrogens with two attached hydrogens (primary N) is 1. The molecule has 0 aliphatic heterocycles. The van der Waals surface area contributed by atoms with Crippen LogP contribution in [0.1, 0.15) is 25.3 Å². The largest absolute Gasteiger partial charge is 0.327 e. The zero-order valence-corrected chi connectivity index (χ0v) is 8.48. The topological polar surface area (TPSA) is 26.0 Å². The summed E-state index contributed by atoms with van der Waals surface area (Å²) in [5.41, 5.74) is 6.48. The lowest BCUT2D eigenvalue weighted by Crippen LogP contribution is -2.22. The number of hydrogen-bond donors (Lipinski definition) is 1. The molecule has 0 heterocycles. The van der Waals surface area contributed by atoms with Crippen LogP contribution in [0.25, 0.3) is 0 Å². The zero-order chi connectivity index (χ0) is 10.0. The van der Waals surface area contributed by atoms with Crippen molar-refractivity contribution in [1.29, 1.82) is 0 Å². The van der Waals surface area contributed by atoms with Crippen LogP contribution < -0.4 is 5.73 Å². The minimum Gasteiger partial charge on any atom is -0.327 e. The third-order valence-corrected chi connectivity index (χ3v) is 2.58. The van der Waals surface area contributed by atoms with Gasteiger partial charge in [-0.25, -0.2) is 4.39 Å². The SMILES string of the molecule is CC(N)C(C)c1cc(F)ccc1Cl. The molecule has 0 radical (unpaired) electrons. The molecule has 0 aliphatic carbocycles. The monoisotopic (exact) mass is 201 g/mol. The molecule has 2 unspecified atom stereocenters. The van der Waals surface area contributed by atoms with E-state index in [1.165, 1.54) is 12.1 Å². The minimum absolute atomic E-state index is 0.0284. The van der Waals surface area contributed by atoms with Crippen LogP contribution in [0.2, 0.25) is 5.02 Å². The van der Waals surface area contributed by atoms with Gasteiger partial charge in [-0.05, 0) is 36.6 Å². The summed E-state index contributed by atoms with van der Waals surface area (Å²) in [6.45, 7) is 3.82. The second-order valence-corrected chi connectivity index (χ2v) is 3.72. The summed E-state index contributed by atoms with van der Waals surface area (Å²) in [6, 6.07) is 4.32. The molecule has 1 rings (SSSR count). The summed E-state index contributed by atoms with van der Waals surface area (Å²) in [4.78, 5) is 0. The highest BCUT2D eigenvalue weighted by Gasteiger charge is 2.14. The Kier molecular flexibility index (Phi) is 3.28. The van der Waals surface area contributed by atoms with Crippen LogP contribution >= 0.6 is 11.6 Å². The van der Waals surface area contributed by atoms with E-state index in [9.17, 15) is 4.39 Å². The third kappa shape index (κ3) is 2.42. The fourth-order valence-corrected chi connectivity index (χ4v) is 1.44. The molecule has 72 valence electrons. The Labute approximate surface area is 82.7 Å². The second kappa shape index (κ2) is 4.07. The molecule has 1 aromatic carbocycles. The van der Waals surface area contributed by atoms with E-state index in [1.807, 2.05) is 13.8 Å². The van der Waals surface area contributed by atoms with Crippen LogP contribution in [0, 0.1) is 5.82 Å². The van der Waals surface area contributed by atoms with Crippen LogP contribution in [-0.4, -0.2) is 6.04 Å². The van der Waals surface area contributed by atoms with E-state index in [-0.39, 0.29) is 17.8 Å². The van der Waals surface area contributed by atoms with E-state index < -0.39 is 0 Å². The molecule has 3 heteroatoms. The highest BCUT2D eigenvalue weighted by atomic mass is 35.5. The molecule has 0 fully saturated rings. The van der Waals surface area contributed by atoms with Gasteiger partial charge in [0.05, 0.1) is 0 Å². The average molecular weight is 202 g/mol. The average Bonchev–Trinajstić information content (AvgIpc) is 2.08. The molecule has 0 amide bonds. The van der Waals surface area contributed by atoms with Gasteiger partial charge < -0.3 is 5.73 Å². The maximum absolute atomic E-state index is 12.9. The molecule has 0 spiro atoms. The quantitative estimate of drug-likeness (QED) is 0.783. The van der Waals surface area contributed by atoms with E-state index in [2.05, 4.69) is 0 Å². The van der Waals surface area contributed by atoms with Crippen LogP contribution in [-0.2, 0) is 0 Å². The Hall–Kier alpha value is -0.600. The van der Waals surface area contributed by atoms with Crippen molar-refractivity contribution in [1.82, 2.24) is 0 Å². The summed E-state index contributed by atoms with van der Waals surface area (Å²) in [6.07, 6.45) is 0. The molecule has 0 saturated heterocycles. The van der Waals surface area contributed by atoms with E-state index in [0.717, 1.165) is 5.56 Å². The number of halogens is 2. The van der Waals surface area contributed by atoms with Gasteiger partial charge in [0.2, 0.25) is 0 Å². The van der Waals surface area contributed by atoms with Crippen LogP contribution in [0.3, 0.4) is 0 Å². The molecule has 2 atom stereocenters. The molecule has 0 bridgehead atoms. The fraction of sp³-hybridized carbons (Fsp3) is 0.400. The molecule has 0 saturated carbocycles. The van der Waals surface area contributed by atoms with Gasteiger partial charge in [-0.2, -0.15) is 0 Å². The van der Waals surface area contributed by atoms with Gasteiger partial charge in [-0.15, -0.1) is 0 Å². The van der Waals surface area contributed by atoms with E-state index in [4.69, 9.17) is 17.3 Å². The minimum atomic E-state index is -0.271. The highest BCUT2D eigenvalue weighted by Crippen LogP contribution is 2.26. The number of rotatable bonds is 2. The summed E-state index contributed by atoms with van der Waals surface area (Å²) in [5.74, 6) is -0.199. The third-order valence-electron chi connectivity index (χ3n) is 2.24. The second-order valence-electron chi connectivity index (χ2n) is 3.31. The molecule has 13 heavy (non-hydrogen) atoms. The summed E-state index contributed by atoms with van der Waals surface area (Å²) in [5, 5.41) is 0.575. The van der Waals surface area contributed by atoms with Crippen LogP contribution in [0.4, 0.5) is 4.39 Å². The zero-order valence-electron chi connectivity index (χ0n) is 7.72. The smallest absolute Gasteiger partial charge is 0.123 e. The Morgan fingerprint density at radius 1 is 1.38 bits per heavy atom. The summed E-state index contributed by atoms with van der Waals surface area (Å²) >= 11 is 5.91. The Morgan fingerprint density at radius 2 is 2.00 bits per heavy atom. The molecule has 2 N–H and O–H groups in total. The first-order chi connectivity index (χ1) is 6.02. The van der Waals surface area contributed by atoms with Gasteiger partial charge >= 0.3 is 0 Å². The molecular weight excluding hydrogens is 189 g/mol. The number of hydrogen-bond acceptors (Lipinski definition) is 1. The first-order valence-corrected chi connectivity index (χ1v) is 4.60. The van der Waals surface area contributed by atoms with Gasteiger partial charge in [0, 0.05) is 11.1 Å². The van der Waals surface area contributed by atoms with Gasteiger partial charge in [0.25, 0.3) is 0 Å². The summed E-state index contributed by atoms with van der Waals surface area (Å²) in [7, 11) is 0. The molecule has 1 nitrogen and oxygen atoms in total. The lowest BCUT2D eigenvalue weighted by Gasteiger charge is -2.17. The normalized spacial score (nSPS) is 15.5. The van der Waals surface area contributed by atoms with E-state index in [0.29, 0.717) is 5.02 Å². The molecule has 1 aromatic rings. The predicted octanol–water partition coefficient (Wildman–Crippen LogP) is 2.93. The van der Waals surface area contributed by atoms with Gasteiger partial charge in [-0.3, -0.25) is 0 Å². The Balaban J connectivity index is 3.05. The van der Waals surface area contributed by atoms with Crippen molar-refractivity contribution in [2.45, 2.75) is 25.8 Å². The standard InChI is InChI=1S/C10H13ClFN/c1-6(7(2)13)9-5-8(12)3-4-10(9)11/h3-7H,13H2,1-2H3. The van der Waals surface area contributed by atoms with Gasteiger partial charge in [-0.1, -0.05) is 18.5 Å². The van der Waals surface area contributed by atoms with E-state index >= 15 is 0 Å². The Morgan fingerprint density at radius 3 is 2.54 bits per heavy atom. The van der Waals surface area contributed by atoms with Crippen molar-refractivity contribution >= 4 is 11.6 Å². The first-order valence-electron chi connectivity index (χ1n) is 4.23. The molecule has 0 aromatic heterocycles. The van der Waals surface area contributed by atoms with Crippen molar-refractivity contribution in [3.05, 3.63) is 34.6 Å². The highest BCUT2D eigenvalue weighted by molar-refractivity contribution is 6.31. The summed E-state index contributed by atoms with van der Waals surface area (Å²) < 4.78 is 12.9. The fourth-order valence-electron chi connectivity index (χ4n) is 1.15. The maximum atomic E-state index is 12.9. The van der Waals surface area contributed by atoms with E-state index in [1.54, 1.807) is 6.07 Å². The van der Waals surface area contributed by atoms with Crippen LogP contribution in [0.5, 0.6) is 0 Å². The first kappa shape index (κ1) is 10.5. The Bertz CT molecular complexity index is 299. The van der Waals surface area contributed by atoms with Crippen molar-refractivity contribution in [3.8, 4) is 0 Å². The number of benzene rings is 1. The maximum Gasteiger partial charge on any atom is 0.123 e. The lowest BCUT2D eigenvalue weighted by molar-refractivity contribution is 0.594. The van der Waals surface area contributed by atoms with Crippen molar-refractivity contribution in [3.63, 3.8) is 0 Å². The molecular formula is C10H13ClFN. The lowest BCUT2D eigenvalue weighted by atomic mass is 9.95. The van der Waals surface area contributed by atoms with Crippen molar-refractivity contribution in [2.75, 3.05) is 0 Å².